The number of benzene rings is 1. The van der Waals surface area contributed by atoms with Crippen LogP contribution in [0.15, 0.2) is 24.3 Å². The van der Waals surface area contributed by atoms with Gasteiger partial charge in [-0.2, -0.15) is 0 Å². The molecule has 0 amide bonds. The third kappa shape index (κ3) is 1.11. The molecular formula is C11H13N. The van der Waals surface area contributed by atoms with Crippen LogP contribution in [0, 0.1) is 6.92 Å². The largest absolute Gasteiger partial charge is 0.358 e. The van der Waals surface area contributed by atoms with Gasteiger partial charge in [0.15, 0.2) is 0 Å². The maximum absolute atomic E-state index is 3.37. The van der Waals surface area contributed by atoms with Gasteiger partial charge in [0, 0.05) is 11.2 Å². The Balaban J connectivity index is 2.67. The van der Waals surface area contributed by atoms with Crippen LogP contribution < -0.4 is 0 Å². The van der Waals surface area contributed by atoms with Gasteiger partial charge >= 0.3 is 0 Å². The molecule has 0 unspecified atom stereocenters. The molecule has 1 aromatic carbocycles. The minimum atomic E-state index is 1.08. The van der Waals surface area contributed by atoms with E-state index in [9.17, 15) is 0 Å². The average molecular weight is 159 g/mol. The molecule has 0 spiro atoms. The molecule has 0 aliphatic carbocycles. The third-order valence-electron chi connectivity index (χ3n) is 2.21. The fourth-order valence-corrected chi connectivity index (χ4v) is 1.50. The summed E-state index contributed by atoms with van der Waals surface area (Å²) in [4.78, 5) is 3.37. The number of H-pyrrole nitrogens is 1. The Morgan fingerprint density at radius 1 is 1.25 bits per heavy atom. The van der Waals surface area contributed by atoms with Crippen LogP contribution in [-0.2, 0) is 6.42 Å². The van der Waals surface area contributed by atoms with Crippen molar-refractivity contribution in [1.82, 2.24) is 4.98 Å². The lowest BCUT2D eigenvalue weighted by Gasteiger charge is -1.90. The van der Waals surface area contributed by atoms with E-state index in [4.69, 9.17) is 0 Å². The maximum atomic E-state index is 3.37. The van der Waals surface area contributed by atoms with Gasteiger partial charge in [0.25, 0.3) is 0 Å². The van der Waals surface area contributed by atoms with E-state index in [0.29, 0.717) is 0 Å². The van der Waals surface area contributed by atoms with Crippen LogP contribution in [0.1, 0.15) is 18.2 Å². The van der Waals surface area contributed by atoms with E-state index in [-0.39, 0.29) is 0 Å². The lowest BCUT2D eigenvalue weighted by Crippen LogP contribution is -1.75. The minimum absolute atomic E-state index is 1.08. The van der Waals surface area contributed by atoms with Crippen molar-refractivity contribution in [3.05, 3.63) is 35.5 Å². The molecule has 0 saturated heterocycles. The quantitative estimate of drug-likeness (QED) is 0.658. The molecular weight excluding hydrogens is 146 g/mol. The summed E-state index contributed by atoms with van der Waals surface area (Å²) in [5.41, 5.74) is 3.89. The third-order valence-corrected chi connectivity index (χ3v) is 2.21. The summed E-state index contributed by atoms with van der Waals surface area (Å²) in [6.45, 7) is 4.29. The number of fused-ring (bicyclic) bond motifs is 1. The van der Waals surface area contributed by atoms with Crippen molar-refractivity contribution in [1.29, 1.82) is 0 Å². The fourth-order valence-electron chi connectivity index (χ4n) is 1.50. The van der Waals surface area contributed by atoms with Crippen molar-refractivity contribution < 1.29 is 0 Å². The number of aromatic amines is 1. The molecule has 2 rings (SSSR count). The van der Waals surface area contributed by atoms with Crippen LogP contribution >= 0.6 is 0 Å². The molecule has 12 heavy (non-hydrogen) atoms. The molecule has 0 aliphatic heterocycles. The van der Waals surface area contributed by atoms with Crippen LogP contribution in [0.3, 0.4) is 0 Å². The Labute approximate surface area is 72.4 Å². The highest BCUT2D eigenvalue weighted by atomic mass is 14.7. The van der Waals surface area contributed by atoms with Crippen LogP contribution in [0.2, 0.25) is 0 Å². The molecule has 2 aromatic rings. The molecule has 1 N–H and O–H groups in total. The monoisotopic (exact) mass is 159 g/mol. The molecule has 0 fully saturated rings. The molecule has 1 heterocycles. The fraction of sp³-hybridized carbons (Fsp3) is 0.273. The SMILES string of the molecule is CCc1cc2cc(C)ccc2[nH]1. The normalized spacial score (nSPS) is 10.8. The summed E-state index contributed by atoms with van der Waals surface area (Å²) in [5, 5.41) is 1.33. The second kappa shape index (κ2) is 2.67. The Morgan fingerprint density at radius 2 is 2.08 bits per heavy atom. The summed E-state index contributed by atoms with van der Waals surface area (Å²) in [5.74, 6) is 0. The first-order valence-electron chi connectivity index (χ1n) is 4.38. The Morgan fingerprint density at radius 3 is 2.83 bits per heavy atom. The van der Waals surface area contributed by atoms with E-state index in [2.05, 4.69) is 43.1 Å². The second-order valence-electron chi connectivity index (χ2n) is 3.24. The maximum Gasteiger partial charge on any atom is 0.0456 e. The van der Waals surface area contributed by atoms with Crippen molar-refractivity contribution in [2.24, 2.45) is 0 Å². The van der Waals surface area contributed by atoms with E-state index >= 15 is 0 Å². The molecule has 62 valence electrons. The zero-order chi connectivity index (χ0) is 8.55. The van der Waals surface area contributed by atoms with Crippen LogP contribution in [0.5, 0.6) is 0 Å². The van der Waals surface area contributed by atoms with Gasteiger partial charge in [0.1, 0.15) is 0 Å². The topological polar surface area (TPSA) is 15.8 Å². The van der Waals surface area contributed by atoms with Gasteiger partial charge in [-0.05, 0) is 36.9 Å². The van der Waals surface area contributed by atoms with E-state index in [1.807, 2.05) is 0 Å². The number of nitrogens with one attached hydrogen (secondary N) is 1. The van der Waals surface area contributed by atoms with Crippen molar-refractivity contribution in [2.45, 2.75) is 20.3 Å². The van der Waals surface area contributed by atoms with E-state index in [1.54, 1.807) is 0 Å². The summed E-state index contributed by atoms with van der Waals surface area (Å²) >= 11 is 0. The molecule has 0 atom stereocenters. The molecule has 0 saturated carbocycles. The van der Waals surface area contributed by atoms with Gasteiger partial charge in [0.2, 0.25) is 0 Å². The van der Waals surface area contributed by atoms with Crippen molar-refractivity contribution >= 4 is 10.9 Å². The number of rotatable bonds is 1. The predicted octanol–water partition coefficient (Wildman–Crippen LogP) is 3.04. The second-order valence-corrected chi connectivity index (χ2v) is 3.24. The standard InChI is InChI=1S/C11H13N/c1-3-10-7-9-6-8(2)4-5-11(9)12-10/h4-7,12H,3H2,1-2H3. The first kappa shape index (κ1) is 7.41. The summed E-state index contributed by atoms with van der Waals surface area (Å²) in [7, 11) is 0. The van der Waals surface area contributed by atoms with Crippen molar-refractivity contribution in [3.63, 3.8) is 0 Å². The van der Waals surface area contributed by atoms with Gasteiger partial charge in [-0.15, -0.1) is 0 Å². The first-order chi connectivity index (χ1) is 5.79. The number of hydrogen-bond donors (Lipinski definition) is 1. The van der Waals surface area contributed by atoms with E-state index in [1.165, 1.54) is 22.2 Å². The van der Waals surface area contributed by atoms with Gasteiger partial charge < -0.3 is 4.98 Å². The number of hydrogen-bond acceptors (Lipinski definition) is 0. The molecule has 0 bridgehead atoms. The lowest BCUT2D eigenvalue weighted by atomic mass is 10.2. The van der Waals surface area contributed by atoms with Crippen LogP contribution in [-0.4, -0.2) is 4.98 Å². The zero-order valence-electron chi connectivity index (χ0n) is 7.52. The van der Waals surface area contributed by atoms with Crippen molar-refractivity contribution in [3.8, 4) is 0 Å². The molecule has 1 aromatic heterocycles. The van der Waals surface area contributed by atoms with Gasteiger partial charge in [-0.25, -0.2) is 0 Å². The highest BCUT2D eigenvalue weighted by Gasteiger charge is 1.97. The first-order valence-corrected chi connectivity index (χ1v) is 4.38. The van der Waals surface area contributed by atoms with Crippen LogP contribution in [0.25, 0.3) is 10.9 Å². The average Bonchev–Trinajstić information content (AvgIpc) is 2.46. The summed E-state index contributed by atoms with van der Waals surface area (Å²) in [6, 6.07) is 8.72. The Bertz CT molecular complexity index is 398. The van der Waals surface area contributed by atoms with Crippen molar-refractivity contribution in [2.75, 3.05) is 0 Å². The highest BCUT2D eigenvalue weighted by molar-refractivity contribution is 5.81. The highest BCUT2D eigenvalue weighted by Crippen LogP contribution is 2.16. The summed E-state index contributed by atoms with van der Waals surface area (Å²) in [6.07, 6.45) is 1.08. The smallest absolute Gasteiger partial charge is 0.0456 e. The lowest BCUT2D eigenvalue weighted by molar-refractivity contribution is 1.07. The molecule has 0 radical (unpaired) electrons. The molecule has 1 nitrogen and oxygen atoms in total. The Hall–Kier alpha value is -1.24. The van der Waals surface area contributed by atoms with E-state index < -0.39 is 0 Å². The number of aryl methyl sites for hydroxylation is 2. The van der Waals surface area contributed by atoms with Gasteiger partial charge in [-0.3, -0.25) is 0 Å². The predicted molar refractivity (Wildman–Crippen MR) is 52.4 cm³/mol. The minimum Gasteiger partial charge on any atom is -0.358 e. The number of aromatic nitrogens is 1. The molecule has 1 heteroatoms. The van der Waals surface area contributed by atoms with E-state index in [0.717, 1.165) is 6.42 Å². The van der Waals surface area contributed by atoms with Gasteiger partial charge in [0.05, 0.1) is 0 Å². The Kier molecular flexibility index (Phi) is 1.65. The zero-order valence-corrected chi connectivity index (χ0v) is 7.52. The summed E-state index contributed by atoms with van der Waals surface area (Å²) < 4.78 is 0. The van der Waals surface area contributed by atoms with Gasteiger partial charge in [-0.1, -0.05) is 18.6 Å². The van der Waals surface area contributed by atoms with Crippen LogP contribution in [0.4, 0.5) is 0 Å². The molecule has 0 aliphatic rings.